The molecule has 5 aliphatic rings. The minimum atomic E-state index is 0. The molecule has 2 unspecified atom stereocenters. The molecule has 0 radical (unpaired) electrons. The van der Waals surface area contributed by atoms with E-state index in [1.165, 1.54) is 17.1 Å². The standard InChI is InChI=1S/C28H39N4.Ni/c1-25(2)13-17-10-22-27(5,6)15-19(31-22)12-24-28(7,8)16-20(32-24)11-23-26(3,4)14-18(30-23)9-21(25)29-17;/h9-11,19-20H,12-16H2,1-8H3;/q-1;+2. The third-order valence-corrected chi connectivity index (χ3v) is 8.13. The maximum Gasteiger partial charge on any atom is 2.00 e. The topological polar surface area (TPSA) is 51.2 Å². The van der Waals surface area contributed by atoms with Gasteiger partial charge in [-0.2, -0.15) is 11.4 Å². The van der Waals surface area contributed by atoms with Gasteiger partial charge in [0.15, 0.2) is 0 Å². The van der Waals surface area contributed by atoms with Gasteiger partial charge in [0, 0.05) is 51.9 Å². The summed E-state index contributed by atoms with van der Waals surface area (Å²) < 4.78 is 0. The van der Waals surface area contributed by atoms with Gasteiger partial charge in [-0.25, -0.2) is 0 Å². The number of allylic oxidation sites excluding steroid dienone is 5. The Bertz CT molecular complexity index is 1050. The summed E-state index contributed by atoms with van der Waals surface area (Å²) in [6, 6.07) is 0.529. The number of aliphatic imine (C=N–C) groups is 3. The van der Waals surface area contributed by atoms with Gasteiger partial charge < -0.3 is 5.32 Å². The van der Waals surface area contributed by atoms with Gasteiger partial charge in [0.05, 0.1) is 12.1 Å². The van der Waals surface area contributed by atoms with Crippen LogP contribution in [-0.4, -0.2) is 29.2 Å². The molecule has 0 aromatic carbocycles. The first-order valence-electron chi connectivity index (χ1n) is 12.3. The van der Waals surface area contributed by atoms with E-state index in [9.17, 15) is 0 Å². The zero-order valence-electron chi connectivity index (χ0n) is 21.5. The van der Waals surface area contributed by atoms with E-state index in [0.717, 1.165) is 49.2 Å². The van der Waals surface area contributed by atoms with Crippen molar-refractivity contribution in [3.05, 3.63) is 40.6 Å². The minimum Gasteiger partial charge on any atom is -0.664 e. The summed E-state index contributed by atoms with van der Waals surface area (Å²) in [5.41, 5.74) is 7.46. The predicted octanol–water partition coefficient (Wildman–Crippen LogP) is 7.19. The second-order valence-electron chi connectivity index (χ2n) is 13.2. The maximum atomic E-state index is 5.23. The molecule has 0 aromatic rings. The van der Waals surface area contributed by atoms with E-state index in [1.54, 1.807) is 0 Å². The van der Waals surface area contributed by atoms with Crippen LogP contribution in [0.2, 0.25) is 0 Å². The van der Waals surface area contributed by atoms with E-state index in [2.05, 4.69) is 73.6 Å². The van der Waals surface area contributed by atoms with Crippen molar-refractivity contribution in [3.8, 4) is 0 Å². The summed E-state index contributed by atoms with van der Waals surface area (Å²) in [5, 5.41) is 5.10. The molecule has 2 atom stereocenters. The van der Waals surface area contributed by atoms with Gasteiger partial charge in [-0.3, -0.25) is 15.0 Å². The summed E-state index contributed by atoms with van der Waals surface area (Å²) in [6.45, 7) is 18.6. The van der Waals surface area contributed by atoms with Gasteiger partial charge in [-0.05, 0) is 30.8 Å². The normalized spacial score (nSPS) is 32.5. The van der Waals surface area contributed by atoms with E-state index in [-0.39, 0.29) is 44.2 Å². The molecule has 5 heteroatoms. The number of rotatable bonds is 0. The van der Waals surface area contributed by atoms with E-state index >= 15 is 0 Å². The molecule has 5 aliphatic heterocycles. The van der Waals surface area contributed by atoms with Gasteiger partial charge in [0.25, 0.3) is 0 Å². The largest absolute Gasteiger partial charge is 2.00 e. The van der Waals surface area contributed by atoms with Crippen LogP contribution in [0.5, 0.6) is 0 Å². The fourth-order valence-corrected chi connectivity index (χ4v) is 6.10. The number of hydrogen-bond donors (Lipinski definition) is 0. The molecule has 180 valence electrons. The smallest absolute Gasteiger partial charge is 0.664 e. The van der Waals surface area contributed by atoms with Crippen LogP contribution in [0.1, 0.15) is 87.5 Å². The van der Waals surface area contributed by atoms with Crippen LogP contribution in [0.15, 0.2) is 50.3 Å². The molecule has 4 nitrogen and oxygen atoms in total. The summed E-state index contributed by atoms with van der Waals surface area (Å²) in [5.74, 6) is 0. The van der Waals surface area contributed by atoms with Gasteiger partial charge in [0.2, 0.25) is 0 Å². The quantitative estimate of drug-likeness (QED) is 0.323. The van der Waals surface area contributed by atoms with Crippen LogP contribution in [0, 0.1) is 21.7 Å². The van der Waals surface area contributed by atoms with Crippen LogP contribution in [0.3, 0.4) is 0 Å². The number of fused-ring (bicyclic) bond motifs is 5. The number of hydrogen-bond acceptors (Lipinski definition) is 3. The van der Waals surface area contributed by atoms with E-state index in [1.807, 2.05) is 0 Å². The van der Waals surface area contributed by atoms with E-state index < -0.39 is 0 Å². The minimum absolute atomic E-state index is 0. The average Bonchev–Trinajstić information content (AvgIpc) is 3.25. The molecule has 0 amide bonds. The van der Waals surface area contributed by atoms with Crippen LogP contribution >= 0.6 is 0 Å². The van der Waals surface area contributed by atoms with E-state index in [4.69, 9.17) is 20.3 Å². The molecule has 33 heavy (non-hydrogen) atoms. The monoisotopic (exact) mass is 489 g/mol. The van der Waals surface area contributed by atoms with Crippen molar-refractivity contribution in [2.75, 3.05) is 0 Å². The summed E-state index contributed by atoms with van der Waals surface area (Å²) in [6.07, 6.45) is 11.9. The summed E-state index contributed by atoms with van der Waals surface area (Å²) in [7, 11) is 0. The van der Waals surface area contributed by atoms with Gasteiger partial charge in [-0.15, -0.1) is 0 Å². The second-order valence-corrected chi connectivity index (χ2v) is 13.2. The van der Waals surface area contributed by atoms with Crippen LogP contribution in [0.4, 0.5) is 0 Å². The molecule has 0 aliphatic carbocycles. The van der Waals surface area contributed by atoms with E-state index in [0.29, 0.717) is 6.04 Å². The zero-order valence-corrected chi connectivity index (χ0v) is 22.5. The van der Waals surface area contributed by atoms with Crippen LogP contribution in [-0.2, 0) is 16.5 Å². The first-order valence-corrected chi connectivity index (χ1v) is 12.3. The van der Waals surface area contributed by atoms with Crippen molar-refractivity contribution in [2.45, 2.75) is 99.6 Å². The Labute approximate surface area is 210 Å². The predicted molar refractivity (Wildman–Crippen MR) is 136 cm³/mol. The molecule has 1 saturated heterocycles. The Morgan fingerprint density at radius 1 is 0.818 bits per heavy atom. The molecular weight excluding hydrogens is 451 g/mol. The Morgan fingerprint density at radius 3 is 2.27 bits per heavy atom. The Balaban J connectivity index is 0.00000259. The van der Waals surface area contributed by atoms with Crippen molar-refractivity contribution in [2.24, 2.45) is 36.6 Å². The molecule has 8 bridgehead atoms. The third-order valence-electron chi connectivity index (χ3n) is 8.13. The first-order chi connectivity index (χ1) is 14.7. The van der Waals surface area contributed by atoms with Crippen molar-refractivity contribution < 1.29 is 16.5 Å². The molecule has 0 N–H and O–H groups in total. The van der Waals surface area contributed by atoms with Crippen molar-refractivity contribution in [1.29, 1.82) is 0 Å². The Hall–Kier alpha value is -1.48. The van der Waals surface area contributed by atoms with Gasteiger partial charge in [0.1, 0.15) is 0 Å². The Kier molecular flexibility index (Phi) is 5.80. The molecule has 5 heterocycles. The number of nitrogens with zero attached hydrogens (tertiary/aromatic N) is 4. The molecule has 0 saturated carbocycles. The molecule has 0 spiro atoms. The molecular formula is C28H39N4Ni+. The fraction of sp³-hybridized carbons (Fsp3) is 0.679. The van der Waals surface area contributed by atoms with Crippen LogP contribution < -0.4 is 0 Å². The SMILES string of the molecule is CC1(C)CC2=NC1=CC1CC(C)(C)C(=N1)CC1CC(C)(C)C(=N1)C=C1CC(C)(C)C(=C2)[N-]1.[Ni+2]. The second kappa shape index (κ2) is 7.77. The maximum absolute atomic E-state index is 5.23. The Morgan fingerprint density at radius 2 is 1.55 bits per heavy atom. The van der Waals surface area contributed by atoms with Crippen molar-refractivity contribution in [1.82, 2.24) is 0 Å². The summed E-state index contributed by atoms with van der Waals surface area (Å²) >= 11 is 0. The first kappa shape index (κ1) is 24.6. The van der Waals surface area contributed by atoms with Crippen molar-refractivity contribution >= 4 is 17.1 Å². The molecule has 0 aromatic heterocycles. The summed E-state index contributed by atoms with van der Waals surface area (Å²) in [4.78, 5) is 15.6. The van der Waals surface area contributed by atoms with Crippen molar-refractivity contribution in [3.63, 3.8) is 0 Å². The molecule has 1 fully saturated rings. The fourth-order valence-electron chi connectivity index (χ4n) is 6.10. The van der Waals surface area contributed by atoms with Crippen LogP contribution in [0.25, 0.3) is 5.32 Å². The third kappa shape index (κ3) is 4.47. The zero-order chi connectivity index (χ0) is 23.1. The average molecular weight is 490 g/mol. The molecule has 5 rings (SSSR count). The van der Waals surface area contributed by atoms with Gasteiger partial charge >= 0.3 is 16.5 Å². The van der Waals surface area contributed by atoms with Gasteiger partial charge in [-0.1, -0.05) is 67.5 Å².